The number of hydrogen-bond acceptors (Lipinski definition) is 3. The third-order valence-electron chi connectivity index (χ3n) is 4.32. The molecule has 0 bridgehead atoms. The number of aliphatic hydroxyl groups is 1. The van der Waals surface area contributed by atoms with E-state index >= 15 is 0 Å². The highest BCUT2D eigenvalue weighted by molar-refractivity contribution is 7.90. The van der Waals surface area contributed by atoms with Crippen molar-refractivity contribution < 1.29 is 13.5 Å². The molecule has 0 aliphatic heterocycles. The fraction of sp³-hybridized carbons (Fsp3) is 0.130. The van der Waals surface area contributed by atoms with Crippen molar-refractivity contribution in [2.45, 2.75) is 23.8 Å². The summed E-state index contributed by atoms with van der Waals surface area (Å²) in [6.07, 6.45) is 3.17. The van der Waals surface area contributed by atoms with Crippen LogP contribution in [0.25, 0.3) is 0 Å². The van der Waals surface area contributed by atoms with E-state index in [-0.39, 0.29) is 17.0 Å². The lowest BCUT2D eigenvalue weighted by molar-refractivity contribution is 0.0550. The summed E-state index contributed by atoms with van der Waals surface area (Å²) in [7, 11) is -3.88. The second-order valence-corrected chi connectivity index (χ2v) is 8.39. The summed E-state index contributed by atoms with van der Waals surface area (Å²) in [5.41, 5.74) is 0.0266. The summed E-state index contributed by atoms with van der Waals surface area (Å²) in [4.78, 5) is 0.142. The molecule has 0 fully saturated rings. The minimum absolute atomic E-state index is 0.142. The molecular weight excluding hydrogens is 370 g/mol. The molecule has 0 radical (unpaired) electrons. The highest BCUT2D eigenvalue weighted by Crippen LogP contribution is 2.31. The normalized spacial score (nSPS) is 13.2. The van der Waals surface area contributed by atoms with Gasteiger partial charge in [0.2, 0.25) is 0 Å². The number of benzene rings is 2. The standard InChI is InChI=1S/C23H21NO3S/c1-3-17-23(2,25)22-20(15-14-19-10-6-4-7-11-19)16-18-24(22)28(26,27)21-12-8-5-9-13-21/h3-13,16,18,25H,1,17H2,2H3. The Morgan fingerprint density at radius 3 is 2.25 bits per heavy atom. The van der Waals surface area contributed by atoms with Gasteiger partial charge in [0.15, 0.2) is 0 Å². The monoisotopic (exact) mass is 391 g/mol. The molecule has 0 saturated carbocycles. The summed E-state index contributed by atoms with van der Waals surface area (Å²) < 4.78 is 27.5. The summed E-state index contributed by atoms with van der Waals surface area (Å²) in [5.74, 6) is 6.03. The molecule has 2 aromatic carbocycles. The third kappa shape index (κ3) is 3.94. The molecule has 0 aliphatic carbocycles. The van der Waals surface area contributed by atoms with Crippen LogP contribution in [0, 0.1) is 11.8 Å². The van der Waals surface area contributed by atoms with Crippen molar-refractivity contribution in [2.24, 2.45) is 0 Å². The van der Waals surface area contributed by atoms with Gasteiger partial charge in [-0.05, 0) is 43.7 Å². The molecule has 28 heavy (non-hydrogen) atoms. The van der Waals surface area contributed by atoms with Gasteiger partial charge in [-0.3, -0.25) is 0 Å². The smallest absolute Gasteiger partial charge is 0.267 e. The summed E-state index contributed by atoms with van der Waals surface area (Å²) in [5, 5.41) is 11.0. The lowest BCUT2D eigenvalue weighted by Gasteiger charge is -2.24. The van der Waals surface area contributed by atoms with Gasteiger partial charge in [0.1, 0.15) is 5.60 Å². The zero-order valence-corrected chi connectivity index (χ0v) is 16.4. The second-order valence-electron chi connectivity index (χ2n) is 6.57. The summed E-state index contributed by atoms with van der Waals surface area (Å²) in [6, 6.07) is 19.1. The van der Waals surface area contributed by atoms with E-state index in [1.165, 1.54) is 18.3 Å². The van der Waals surface area contributed by atoms with Crippen LogP contribution in [0.1, 0.15) is 30.2 Å². The van der Waals surface area contributed by atoms with E-state index in [1.807, 2.05) is 30.3 Å². The van der Waals surface area contributed by atoms with Crippen LogP contribution in [0.4, 0.5) is 0 Å². The van der Waals surface area contributed by atoms with Crippen molar-refractivity contribution in [3.8, 4) is 11.8 Å². The minimum Gasteiger partial charge on any atom is -0.384 e. The van der Waals surface area contributed by atoms with Crippen LogP contribution in [0.2, 0.25) is 0 Å². The van der Waals surface area contributed by atoms with E-state index in [4.69, 9.17) is 0 Å². The predicted molar refractivity (Wildman–Crippen MR) is 110 cm³/mol. The highest BCUT2D eigenvalue weighted by Gasteiger charge is 2.33. The van der Waals surface area contributed by atoms with Gasteiger partial charge in [0.05, 0.1) is 10.6 Å². The Kier molecular flexibility index (Phi) is 5.55. The first-order valence-corrected chi connectivity index (χ1v) is 10.2. The first-order chi connectivity index (χ1) is 13.4. The molecule has 1 unspecified atom stereocenters. The largest absolute Gasteiger partial charge is 0.384 e. The van der Waals surface area contributed by atoms with Crippen molar-refractivity contribution in [3.05, 3.63) is 102 Å². The van der Waals surface area contributed by atoms with Crippen LogP contribution < -0.4 is 0 Å². The Bertz CT molecular complexity index is 1130. The van der Waals surface area contributed by atoms with Gasteiger partial charge >= 0.3 is 0 Å². The molecule has 1 N–H and O–H groups in total. The van der Waals surface area contributed by atoms with Crippen LogP contribution in [0.5, 0.6) is 0 Å². The van der Waals surface area contributed by atoms with Crippen molar-refractivity contribution in [1.82, 2.24) is 3.97 Å². The van der Waals surface area contributed by atoms with Gasteiger partial charge in [-0.25, -0.2) is 12.4 Å². The molecule has 1 aromatic heterocycles. The van der Waals surface area contributed by atoms with Crippen molar-refractivity contribution >= 4 is 10.0 Å². The third-order valence-corrected chi connectivity index (χ3v) is 6.01. The van der Waals surface area contributed by atoms with Crippen molar-refractivity contribution in [3.63, 3.8) is 0 Å². The summed E-state index contributed by atoms with van der Waals surface area (Å²) in [6.45, 7) is 5.24. The van der Waals surface area contributed by atoms with E-state index in [0.29, 0.717) is 5.56 Å². The predicted octanol–water partition coefficient (Wildman–Crippen LogP) is 3.91. The van der Waals surface area contributed by atoms with Crippen LogP contribution in [-0.2, 0) is 15.6 Å². The Hall–Kier alpha value is -3.07. The van der Waals surface area contributed by atoms with E-state index in [9.17, 15) is 13.5 Å². The topological polar surface area (TPSA) is 59.3 Å². The van der Waals surface area contributed by atoms with Crippen molar-refractivity contribution in [1.29, 1.82) is 0 Å². The maximum Gasteiger partial charge on any atom is 0.267 e. The number of hydrogen-bond donors (Lipinski definition) is 1. The van der Waals surface area contributed by atoms with E-state index in [2.05, 4.69) is 18.4 Å². The molecule has 3 aromatic rings. The molecule has 0 spiro atoms. The minimum atomic E-state index is -3.88. The maximum atomic E-state index is 13.2. The first kappa shape index (κ1) is 19.7. The number of aromatic nitrogens is 1. The van der Waals surface area contributed by atoms with Gasteiger partial charge < -0.3 is 5.11 Å². The fourth-order valence-corrected chi connectivity index (χ4v) is 4.47. The Morgan fingerprint density at radius 2 is 1.64 bits per heavy atom. The average Bonchev–Trinajstić information content (AvgIpc) is 3.14. The molecule has 1 heterocycles. The summed E-state index contributed by atoms with van der Waals surface area (Å²) >= 11 is 0. The molecule has 1 atom stereocenters. The molecular formula is C23H21NO3S. The molecule has 142 valence electrons. The Labute approximate surface area is 165 Å². The molecule has 0 aliphatic rings. The zero-order valence-electron chi connectivity index (χ0n) is 15.5. The Balaban J connectivity index is 2.19. The quantitative estimate of drug-likeness (QED) is 0.530. The molecule has 0 saturated heterocycles. The Morgan fingerprint density at radius 1 is 1.04 bits per heavy atom. The highest BCUT2D eigenvalue weighted by atomic mass is 32.2. The number of rotatable bonds is 5. The van der Waals surface area contributed by atoms with Gasteiger partial charge in [-0.1, -0.05) is 54.3 Å². The second kappa shape index (κ2) is 7.89. The van der Waals surface area contributed by atoms with Crippen LogP contribution in [-0.4, -0.2) is 17.5 Å². The fourth-order valence-electron chi connectivity index (χ4n) is 2.99. The zero-order chi connectivity index (χ0) is 20.2. The van der Waals surface area contributed by atoms with Gasteiger partial charge in [-0.2, -0.15) is 0 Å². The van der Waals surface area contributed by atoms with Crippen LogP contribution in [0.15, 0.2) is 90.5 Å². The molecule has 4 nitrogen and oxygen atoms in total. The van der Waals surface area contributed by atoms with E-state index in [1.54, 1.807) is 37.3 Å². The SMILES string of the molecule is C=CCC(C)(O)c1c(C#Cc2ccccc2)ccn1S(=O)(=O)c1ccccc1. The lowest BCUT2D eigenvalue weighted by Crippen LogP contribution is -2.28. The van der Waals surface area contributed by atoms with Crippen LogP contribution >= 0.6 is 0 Å². The maximum absolute atomic E-state index is 13.2. The molecule has 5 heteroatoms. The van der Waals surface area contributed by atoms with Crippen molar-refractivity contribution in [2.75, 3.05) is 0 Å². The van der Waals surface area contributed by atoms with E-state index < -0.39 is 15.6 Å². The number of nitrogens with zero attached hydrogens (tertiary/aromatic N) is 1. The van der Waals surface area contributed by atoms with Gasteiger partial charge in [0.25, 0.3) is 10.0 Å². The van der Waals surface area contributed by atoms with Gasteiger partial charge in [0, 0.05) is 17.3 Å². The van der Waals surface area contributed by atoms with Gasteiger partial charge in [-0.15, -0.1) is 6.58 Å². The lowest BCUT2D eigenvalue weighted by atomic mass is 9.95. The van der Waals surface area contributed by atoms with E-state index in [0.717, 1.165) is 9.54 Å². The van der Waals surface area contributed by atoms with Crippen LogP contribution in [0.3, 0.4) is 0 Å². The average molecular weight is 391 g/mol. The molecule has 3 rings (SSSR count). The first-order valence-electron chi connectivity index (χ1n) is 8.79. The molecule has 0 amide bonds.